The molecule has 0 aliphatic heterocycles. The molecule has 0 spiro atoms. The molecule has 2 N–H and O–H groups in total. The smallest absolute Gasteiger partial charge is 0.335 e. The van der Waals surface area contributed by atoms with E-state index in [9.17, 15) is 19.5 Å². The maximum atomic E-state index is 12.5. The Hall–Kier alpha value is -3.41. The topological polar surface area (TPSA) is 88.4 Å². The van der Waals surface area contributed by atoms with Gasteiger partial charge < -0.3 is 5.11 Å². The number of amides is 2. The molecule has 2 aromatic carbocycles. The monoisotopic (exact) mass is 322 g/mol. The summed E-state index contributed by atoms with van der Waals surface area (Å²) in [4.78, 5) is 36.4. The van der Waals surface area contributed by atoms with Crippen molar-refractivity contribution >= 4 is 28.6 Å². The zero-order valence-corrected chi connectivity index (χ0v) is 12.8. The van der Waals surface area contributed by atoms with E-state index in [0.717, 1.165) is 4.57 Å². The van der Waals surface area contributed by atoms with Gasteiger partial charge in [0.2, 0.25) is 5.88 Å². The van der Waals surface area contributed by atoms with Gasteiger partial charge in [0, 0.05) is 10.9 Å². The molecule has 0 atom stereocenters. The van der Waals surface area contributed by atoms with Crippen molar-refractivity contribution in [3.8, 4) is 5.88 Å². The van der Waals surface area contributed by atoms with Crippen molar-refractivity contribution in [3.63, 3.8) is 0 Å². The molecule has 2 amide bonds. The summed E-state index contributed by atoms with van der Waals surface area (Å²) >= 11 is 0. The minimum atomic E-state index is -0.829. The summed E-state index contributed by atoms with van der Waals surface area (Å²) in [6.45, 7) is 1.30. The molecule has 3 rings (SSSR count). The molecule has 0 radical (unpaired) electrons. The van der Waals surface area contributed by atoms with E-state index in [4.69, 9.17) is 0 Å². The lowest BCUT2D eigenvalue weighted by atomic mass is 10.1. The Balaban J connectivity index is 2.03. The van der Waals surface area contributed by atoms with Crippen LogP contribution in [0.1, 0.15) is 27.6 Å². The third kappa shape index (κ3) is 2.54. The van der Waals surface area contributed by atoms with Crippen LogP contribution < -0.4 is 5.32 Å². The highest BCUT2D eigenvalue weighted by molar-refractivity contribution is 6.14. The van der Waals surface area contributed by atoms with E-state index < -0.39 is 17.8 Å². The molecule has 3 aromatic rings. The number of benzene rings is 2. The lowest BCUT2D eigenvalue weighted by Gasteiger charge is -2.07. The Morgan fingerprint density at radius 2 is 1.58 bits per heavy atom. The fourth-order valence-corrected chi connectivity index (χ4v) is 2.59. The lowest BCUT2D eigenvalue weighted by molar-refractivity contribution is 0.0963. The van der Waals surface area contributed by atoms with Crippen molar-refractivity contribution in [2.45, 2.75) is 6.92 Å². The molecule has 0 fully saturated rings. The number of hydrogen-bond donors (Lipinski definition) is 2. The number of aromatic hydroxyl groups is 1. The maximum absolute atomic E-state index is 12.5. The van der Waals surface area contributed by atoms with Gasteiger partial charge in [0.15, 0.2) is 5.78 Å². The number of para-hydroxylation sites is 1. The van der Waals surface area contributed by atoms with E-state index in [0.29, 0.717) is 16.5 Å². The van der Waals surface area contributed by atoms with Gasteiger partial charge in [-0.3, -0.25) is 14.9 Å². The second-order valence-corrected chi connectivity index (χ2v) is 5.23. The first-order chi connectivity index (χ1) is 11.5. The van der Waals surface area contributed by atoms with Crippen LogP contribution in [0.4, 0.5) is 4.79 Å². The molecule has 0 unspecified atom stereocenters. The zero-order valence-electron chi connectivity index (χ0n) is 12.8. The van der Waals surface area contributed by atoms with Crippen LogP contribution in [0.5, 0.6) is 5.88 Å². The third-order valence-corrected chi connectivity index (χ3v) is 3.66. The first-order valence-corrected chi connectivity index (χ1v) is 7.24. The average molecular weight is 322 g/mol. The third-order valence-electron chi connectivity index (χ3n) is 3.66. The predicted octanol–water partition coefficient (Wildman–Crippen LogP) is 2.95. The predicted molar refractivity (Wildman–Crippen MR) is 88.3 cm³/mol. The van der Waals surface area contributed by atoms with Gasteiger partial charge in [0.05, 0.1) is 11.1 Å². The SMILES string of the molecule is CC(=O)c1c(O)n(C(=O)NC(=O)c2ccccc2)c2ccccc12. The Morgan fingerprint density at radius 3 is 2.25 bits per heavy atom. The minimum Gasteiger partial charge on any atom is -0.494 e. The summed E-state index contributed by atoms with van der Waals surface area (Å²) in [5.74, 6) is -1.45. The normalized spacial score (nSPS) is 10.5. The molecule has 1 heterocycles. The van der Waals surface area contributed by atoms with Crippen LogP contribution in [0.2, 0.25) is 0 Å². The molecular formula is C18H14N2O4. The second-order valence-electron chi connectivity index (χ2n) is 5.23. The number of ketones is 1. The van der Waals surface area contributed by atoms with Crippen LogP contribution in [0.3, 0.4) is 0 Å². The Labute approximate surface area is 137 Å². The number of nitrogens with zero attached hydrogens (tertiary/aromatic N) is 1. The van der Waals surface area contributed by atoms with Gasteiger partial charge in [-0.1, -0.05) is 36.4 Å². The van der Waals surface area contributed by atoms with Gasteiger partial charge in [0.1, 0.15) is 0 Å². The number of imide groups is 1. The molecule has 0 aliphatic carbocycles. The highest BCUT2D eigenvalue weighted by atomic mass is 16.3. The number of aromatic nitrogens is 1. The molecule has 6 heteroatoms. The summed E-state index contributed by atoms with van der Waals surface area (Å²) < 4.78 is 0.924. The zero-order chi connectivity index (χ0) is 17.3. The highest BCUT2D eigenvalue weighted by Gasteiger charge is 2.24. The van der Waals surface area contributed by atoms with Crippen LogP contribution in [0.25, 0.3) is 10.9 Å². The molecule has 120 valence electrons. The number of hydrogen-bond acceptors (Lipinski definition) is 4. The first kappa shape index (κ1) is 15.5. The summed E-state index contributed by atoms with van der Waals surface area (Å²) in [7, 11) is 0. The summed E-state index contributed by atoms with van der Waals surface area (Å²) in [5, 5.41) is 13.0. The largest absolute Gasteiger partial charge is 0.494 e. The van der Waals surface area contributed by atoms with Crippen molar-refractivity contribution < 1.29 is 19.5 Å². The fourth-order valence-electron chi connectivity index (χ4n) is 2.59. The maximum Gasteiger partial charge on any atom is 0.335 e. The van der Waals surface area contributed by atoms with E-state index in [1.807, 2.05) is 0 Å². The highest BCUT2D eigenvalue weighted by Crippen LogP contribution is 2.31. The number of Topliss-reactive ketones (excluding diaryl/α,β-unsaturated/α-hetero) is 1. The summed E-state index contributed by atoms with van der Waals surface area (Å²) in [6, 6.07) is 14.0. The molecule has 6 nitrogen and oxygen atoms in total. The van der Waals surface area contributed by atoms with Crippen LogP contribution in [0, 0.1) is 0 Å². The Bertz CT molecular complexity index is 958. The van der Waals surface area contributed by atoms with E-state index in [1.165, 1.54) is 6.92 Å². The van der Waals surface area contributed by atoms with Gasteiger partial charge in [-0.15, -0.1) is 0 Å². The van der Waals surface area contributed by atoms with Crippen molar-refractivity contribution in [1.82, 2.24) is 9.88 Å². The van der Waals surface area contributed by atoms with E-state index >= 15 is 0 Å². The van der Waals surface area contributed by atoms with E-state index in [2.05, 4.69) is 5.32 Å². The Morgan fingerprint density at radius 1 is 0.958 bits per heavy atom. The van der Waals surface area contributed by atoms with Crippen LogP contribution in [-0.2, 0) is 0 Å². The van der Waals surface area contributed by atoms with Gasteiger partial charge in [-0.2, -0.15) is 0 Å². The van der Waals surface area contributed by atoms with Crippen molar-refractivity contribution in [2.24, 2.45) is 0 Å². The van der Waals surface area contributed by atoms with Crippen molar-refractivity contribution in [3.05, 3.63) is 65.7 Å². The van der Waals surface area contributed by atoms with E-state index in [-0.39, 0.29) is 11.3 Å². The van der Waals surface area contributed by atoms with Gasteiger partial charge in [0.25, 0.3) is 5.91 Å². The molecule has 0 saturated heterocycles. The van der Waals surface area contributed by atoms with Gasteiger partial charge in [-0.25, -0.2) is 9.36 Å². The second kappa shape index (κ2) is 6.00. The van der Waals surface area contributed by atoms with Crippen molar-refractivity contribution in [2.75, 3.05) is 0 Å². The molecule has 0 saturated carbocycles. The van der Waals surface area contributed by atoms with Crippen molar-refractivity contribution in [1.29, 1.82) is 0 Å². The molecular weight excluding hydrogens is 308 g/mol. The van der Waals surface area contributed by atoms with E-state index in [1.54, 1.807) is 54.6 Å². The Kier molecular flexibility index (Phi) is 3.87. The number of fused-ring (bicyclic) bond motifs is 1. The minimum absolute atomic E-state index is 0.0490. The number of nitrogens with one attached hydrogen (secondary N) is 1. The fraction of sp³-hybridized carbons (Fsp3) is 0.0556. The molecule has 0 aliphatic rings. The summed E-state index contributed by atoms with van der Waals surface area (Å²) in [5.41, 5.74) is 0.708. The standard InChI is InChI=1S/C18H14N2O4/c1-11(21)15-13-9-5-6-10-14(13)20(17(15)23)18(24)19-16(22)12-7-3-2-4-8-12/h2-10,23H,1H3,(H,19,22,24). The first-order valence-electron chi connectivity index (χ1n) is 7.24. The van der Waals surface area contributed by atoms with Gasteiger partial charge in [-0.05, 0) is 25.1 Å². The number of rotatable bonds is 2. The lowest BCUT2D eigenvalue weighted by Crippen LogP contribution is -2.33. The van der Waals surface area contributed by atoms with Gasteiger partial charge >= 0.3 is 6.03 Å². The molecule has 24 heavy (non-hydrogen) atoms. The summed E-state index contributed by atoms with van der Waals surface area (Å²) in [6.07, 6.45) is 0. The molecule has 1 aromatic heterocycles. The van der Waals surface area contributed by atoms with Crippen LogP contribution in [0.15, 0.2) is 54.6 Å². The van der Waals surface area contributed by atoms with Crippen LogP contribution in [-0.4, -0.2) is 27.4 Å². The van der Waals surface area contributed by atoms with Crippen LogP contribution >= 0.6 is 0 Å². The quantitative estimate of drug-likeness (QED) is 0.710. The number of carbonyl (C=O) groups is 3. The number of carbonyl (C=O) groups excluding carboxylic acids is 3. The molecule has 0 bridgehead atoms. The average Bonchev–Trinajstić information content (AvgIpc) is 2.87.